The number of ether oxygens (including phenoxy) is 2. The van der Waals surface area contributed by atoms with Crippen LogP contribution in [0.3, 0.4) is 0 Å². The van der Waals surface area contributed by atoms with Gasteiger partial charge in [0, 0.05) is 43.4 Å². The molecular formula is C24H32N4O3. The Bertz CT molecular complexity index is 896. The van der Waals surface area contributed by atoms with E-state index in [2.05, 4.69) is 10.6 Å². The first-order valence-corrected chi connectivity index (χ1v) is 10.8. The Morgan fingerprint density at radius 2 is 1.87 bits per heavy atom. The zero-order valence-corrected chi connectivity index (χ0v) is 18.6. The number of hydrogen-bond acceptors (Lipinski definition) is 4. The highest BCUT2D eigenvalue weighted by atomic mass is 16.5. The third-order valence-corrected chi connectivity index (χ3v) is 5.28. The molecular weight excluding hydrogens is 392 g/mol. The third kappa shape index (κ3) is 6.13. The Morgan fingerprint density at radius 1 is 1.06 bits per heavy atom. The second-order valence-corrected chi connectivity index (χ2v) is 7.40. The molecule has 0 bridgehead atoms. The number of amides is 1. The van der Waals surface area contributed by atoms with Crippen LogP contribution in [-0.2, 0) is 17.9 Å². The Hall–Kier alpha value is -3.22. The fraction of sp³-hybridized carbons (Fsp3) is 0.417. The van der Waals surface area contributed by atoms with Crippen LogP contribution in [-0.4, -0.2) is 39.2 Å². The standard InChI is InChI=1S/C24H32N4O3/c1-4-25-24(27-17-19-10-13-21(30-2)15-22(19)31-3)26-16-18-8-11-20(12-9-18)28-14-6-5-7-23(28)29/h8-13,15H,4-7,14,16-17H2,1-3H3,(H2,25,26,27). The minimum Gasteiger partial charge on any atom is -0.497 e. The third-order valence-electron chi connectivity index (χ3n) is 5.28. The number of guanidine groups is 1. The predicted octanol–water partition coefficient (Wildman–Crippen LogP) is 3.48. The van der Waals surface area contributed by atoms with Gasteiger partial charge in [0.15, 0.2) is 5.96 Å². The van der Waals surface area contributed by atoms with Gasteiger partial charge in [0.05, 0.1) is 20.8 Å². The lowest BCUT2D eigenvalue weighted by atomic mass is 10.1. The molecule has 0 aromatic heterocycles. The van der Waals surface area contributed by atoms with Crippen LogP contribution in [0.15, 0.2) is 47.5 Å². The molecule has 7 heteroatoms. The number of piperidine rings is 1. The number of aliphatic imine (C=N–C) groups is 1. The molecule has 7 nitrogen and oxygen atoms in total. The van der Waals surface area contributed by atoms with Gasteiger partial charge in [0.25, 0.3) is 0 Å². The van der Waals surface area contributed by atoms with Crippen molar-refractivity contribution in [2.24, 2.45) is 4.99 Å². The molecule has 0 aliphatic carbocycles. The summed E-state index contributed by atoms with van der Waals surface area (Å²) in [5.41, 5.74) is 3.07. The monoisotopic (exact) mass is 424 g/mol. The van der Waals surface area contributed by atoms with Crippen molar-refractivity contribution in [3.63, 3.8) is 0 Å². The van der Waals surface area contributed by atoms with Crippen LogP contribution < -0.4 is 25.0 Å². The zero-order valence-electron chi connectivity index (χ0n) is 18.6. The summed E-state index contributed by atoms with van der Waals surface area (Å²) in [5, 5.41) is 6.63. The molecule has 0 spiro atoms. The van der Waals surface area contributed by atoms with Crippen molar-refractivity contribution in [1.29, 1.82) is 0 Å². The molecule has 1 aliphatic heterocycles. The molecule has 2 aromatic rings. The molecule has 3 rings (SSSR count). The fourth-order valence-corrected chi connectivity index (χ4v) is 3.55. The maximum atomic E-state index is 12.1. The van der Waals surface area contributed by atoms with Crippen molar-refractivity contribution >= 4 is 17.6 Å². The van der Waals surface area contributed by atoms with E-state index in [4.69, 9.17) is 14.5 Å². The lowest BCUT2D eigenvalue weighted by molar-refractivity contribution is -0.119. The van der Waals surface area contributed by atoms with Crippen LogP contribution in [0.4, 0.5) is 5.69 Å². The van der Waals surface area contributed by atoms with Crippen molar-refractivity contribution in [2.75, 3.05) is 32.2 Å². The van der Waals surface area contributed by atoms with E-state index in [1.165, 1.54) is 0 Å². The summed E-state index contributed by atoms with van der Waals surface area (Å²) < 4.78 is 10.7. The minimum absolute atomic E-state index is 0.213. The molecule has 166 valence electrons. The van der Waals surface area contributed by atoms with E-state index in [0.717, 1.165) is 60.2 Å². The van der Waals surface area contributed by atoms with Gasteiger partial charge < -0.3 is 25.0 Å². The Kier molecular flexibility index (Phi) is 8.15. The van der Waals surface area contributed by atoms with E-state index in [9.17, 15) is 4.79 Å². The molecule has 1 saturated heterocycles. The highest BCUT2D eigenvalue weighted by Crippen LogP contribution is 2.24. The smallest absolute Gasteiger partial charge is 0.226 e. The van der Waals surface area contributed by atoms with Crippen LogP contribution in [0, 0.1) is 0 Å². The summed E-state index contributed by atoms with van der Waals surface area (Å²) in [5.74, 6) is 2.47. The molecule has 1 fully saturated rings. The number of carbonyl (C=O) groups is 1. The number of nitrogens with zero attached hydrogens (tertiary/aromatic N) is 2. The van der Waals surface area contributed by atoms with Gasteiger partial charge in [-0.05, 0) is 49.6 Å². The first kappa shape index (κ1) is 22.5. The SMILES string of the molecule is CCNC(=NCc1ccc(N2CCCCC2=O)cc1)NCc1ccc(OC)cc1OC. The first-order valence-electron chi connectivity index (χ1n) is 10.8. The van der Waals surface area contributed by atoms with Gasteiger partial charge >= 0.3 is 0 Å². The van der Waals surface area contributed by atoms with Crippen molar-refractivity contribution in [2.45, 2.75) is 39.3 Å². The Morgan fingerprint density at radius 3 is 2.55 bits per heavy atom. The van der Waals surface area contributed by atoms with Crippen LogP contribution in [0.5, 0.6) is 11.5 Å². The first-order chi connectivity index (χ1) is 15.1. The van der Waals surface area contributed by atoms with Gasteiger partial charge in [0.2, 0.25) is 5.91 Å². The number of hydrogen-bond donors (Lipinski definition) is 2. The summed E-state index contributed by atoms with van der Waals surface area (Å²) in [6.07, 6.45) is 2.70. The van der Waals surface area contributed by atoms with Gasteiger partial charge in [-0.25, -0.2) is 4.99 Å². The number of rotatable bonds is 8. The lowest BCUT2D eigenvalue weighted by Crippen LogP contribution is -2.36. The van der Waals surface area contributed by atoms with Crippen molar-refractivity contribution in [3.05, 3.63) is 53.6 Å². The van der Waals surface area contributed by atoms with E-state index >= 15 is 0 Å². The van der Waals surface area contributed by atoms with Crippen LogP contribution in [0.2, 0.25) is 0 Å². The molecule has 2 aromatic carbocycles. The second kappa shape index (κ2) is 11.2. The molecule has 1 heterocycles. The Labute approximate surface area is 184 Å². The quantitative estimate of drug-likeness (QED) is 0.501. The van der Waals surface area contributed by atoms with E-state index in [1.54, 1.807) is 14.2 Å². The average Bonchev–Trinajstić information content (AvgIpc) is 2.81. The van der Waals surface area contributed by atoms with Crippen molar-refractivity contribution < 1.29 is 14.3 Å². The molecule has 1 aliphatic rings. The van der Waals surface area contributed by atoms with Crippen LogP contribution in [0.25, 0.3) is 0 Å². The lowest BCUT2D eigenvalue weighted by Gasteiger charge is -2.26. The van der Waals surface area contributed by atoms with Gasteiger partial charge in [0.1, 0.15) is 11.5 Å². The van der Waals surface area contributed by atoms with Gasteiger partial charge in [-0.3, -0.25) is 4.79 Å². The second-order valence-electron chi connectivity index (χ2n) is 7.40. The summed E-state index contributed by atoms with van der Waals surface area (Å²) in [6.45, 7) is 4.73. The Balaban J connectivity index is 1.62. The molecule has 0 saturated carbocycles. The maximum absolute atomic E-state index is 12.1. The highest BCUT2D eigenvalue weighted by Gasteiger charge is 2.19. The summed E-state index contributed by atoms with van der Waals surface area (Å²) in [7, 11) is 3.29. The van der Waals surface area contributed by atoms with E-state index in [1.807, 2.05) is 54.3 Å². The fourth-order valence-electron chi connectivity index (χ4n) is 3.55. The van der Waals surface area contributed by atoms with Gasteiger partial charge in [-0.1, -0.05) is 12.1 Å². The molecule has 2 N–H and O–H groups in total. The average molecular weight is 425 g/mol. The molecule has 0 radical (unpaired) electrons. The minimum atomic E-state index is 0.213. The summed E-state index contributed by atoms with van der Waals surface area (Å²) >= 11 is 0. The van der Waals surface area contributed by atoms with Gasteiger partial charge in [-0.15, -0.1) is 0 Å². The van der Waals surface area contributed by atoms with E-state index < -0.39 is 0 Å². The number of anilines is 1. The number of methoxy groups -OCH3 is 2. The molecule has 0 unspecified atom stereocenters. The normalized spacial score (nSPS) is 14.4. The topological polar surface area (TPSA) is 75.2 Å². The van der Waals surface area contributed by atoms with Crippen molar-refractivity contribution in [1.82, 2.24) is 10.6 Å². The number of nitrogens with one attached hydrogen (secondary N) is 2. The number of carbonyl (C=O) groups excluding carboxylic acids is 1. The predicted molar refractivity (Wildman–Crippen MR) is 124 cm³/mol. The van der Waals surface area contributed by atoms with Gasteiger partial charge in [-0.2, -0.15) is 0 Å². The maximum Gasteiger partial charge on any atom is 0.226 e. The molecule has 0 atom stereocenters. The molecule has 31 heavy (non-hydrogen) atoms. The largest absolute Gasteiger partial charge is 0.497 e. The van der Waals surface area contributed by atoms with E-state index in [0.29, 0.717) is 19.5 Å². The van der Waals surface area contributed by atoms with Crippen LogP contribution >= 0.6 is 0 Å². The summed E-state index contributed by atoms with van der Waals surface area (Å²) in [4.78, 5) is 18.7. The molecule has 1 amide bonds. The zero-order chi connectivity index (χ0) is 22.1. The number of benzene rings is 2. The van der Waals surface area contributed by atoms with Crippen LogP contribution in [0.1, 0.15) is 37.3 Å². The summed E-state index contributed by atoms with van der Waals surface area (Å²) in [6, 6.07) is 13.9. The highest BCUT2D eigenvalue weighted by molar-refractivity contribution is 5.93. The van der Waals surface area contributed by atoms with E-state index in [-0.39, 0.29) is 5.91 Å². The van der Waals surface area contributed by atoms with Crippen molar-refractivity contribution in [3.8, 4) is 11.5 Å².